The topological polar surface area (TPSA) is 98.8 Å². The molecule has 0 aliphatic rings. The number of carbonyl (C=O) groups is 1. The second-order valence-corrected chi connectivity index (χ2v) is 7.39. The van der Waals surface area contributed by atoms with Gasteiger partial charge < -0.3 is 9.30 Å². The van der Waals surface area contributed by atoms with E-state index in [-0.39, 0.29) is 17.0 Å². The Bertz CT molecular complexity index is 1140. The monoisotopic (exact) mass is 470 g/mol. The van der Waals surface area contributed by atoms with Crippen molar-refractivity contribution < 1.29 is 14.5 Å². The molecule has 3 rings (SSSR count). The second-order valence-electron chi connectivity index (χ2n) is 6.48. The molecule has 3 aromatic rings. The molecule has 0 aliphatic heterocycles. The molecular formula is C21H19BrN4O4. The average Bonchev–Trinajstić information content (AvgIpc) is 3.01. The van der Waals surface area contributed by atoms with Crippen molar-refractivity contribution in [3.05, 3.63) is 85.6 Å². The Hall–Kier alpha value is -3.46. The van der Waals surface area contributed by atoms with Gasteiger partial charge >= 0.3 is 0 Å². The summed E-state index contributed by atoms with van der Waals surface area (Å²) >= 11 is 3.43. The lowest BCUT2D eigenvalue weighted by Gasteiger charge is -2.09. The van der Waals surface area contributed by atoms with E-state index in [4.69, 9.17) is 4.74 Å². The Kier molecular flexibility index (Phi) is 6.31. The van der Waals surface area contributed by atoms with Crippen LogP contribution in [0, 0.1) is 24.0 Å². The van der Waals surface area contributed by atoms with Crippen LogP contribution in [-0.2, 0) is 0 Å². The summed E-state index contributed by atoms with van der Waals surface area (Å²) in [6.07, 6.45) is 1.54. The average molecular weight is 471 g/mol. The SMILES string of the molecule is COc1ccc([N+](=O)[O-])cc1C(=O)N/N=C\c1cc(C)n(-c2ccc(Br)cc2)c1C. The first-order valence-corrected chi connectivity index (χ1v) is 9.72. The number of amides is 1. The third-order valence-corrected chi connectivity index (χ3v) is 5.09. The van der Waals surface area contributed by atoms with Crippen molar-refractivity contribution >= 4 is 33.7 Å². The molecule has 0 unspecified atom stereocenters. The van der Waals surface area contributed by atoms with Gasteiger partial charge in [0.05, 0.1) is 23.8 Å². The van der Waals surface area contributed by atoms with Crippen LogP contribution < -0.4 is 10.2 Å². The van der Waals surface area contributed by atoms with E-state index >= 15 is 0 Å². The molecule has 1 N–H and O–H groups in total. The number of non-ortho nitro benzene ring substituents is 1. The second kappa shape index (κ2) is 8.91. The number of hydrazone groups is 1. The molecule has 30 heavy (non-hydrogen) atoms. The van der Waals surface area contributed by atoms with E-state index in [1.807, 2.05) is 44.2 Å². The van der Waals surface area contributed by atoms with Crippen LogP contribution in [0.4, 0.5) is 5.69 Å². The first kappa shape index (κ1) is 21.3. The highest BCUT2D eigenvalue weighted by Gasteiger charge is 2.17. The Morgan fingerprint density at radius 1 is 1.20 bits per heavy atom. The van der Waals surface area contributed by atoms with Gasteiger partial charge in [-0.2, -0.15) is 5.10 Å². The van der Waals surface area contributed by atoms with E-state index in [9.17, 15) is 14.9 Å². The zero-order valence-corrected chi connectivity index (χ0v) is 18.1. The molecule has 2 aromatic carbocycles. The van der Waals surface area contributed by atoms with E-state index in [0.29, 0.717) is 0 Å². The minimum absolute atomic E-state index is 0.0317. The summed E-state index contributed by atoms with van der Waals surface area (Å²) in [5, 5.41) is 15.0. The van der Waals surface area contributed by atoms with Crippen LogP contribution >= 0.6 is 15.9 Å². The minimum atomic E-state index is -0.603. The van der Waals surface area contributed by atoms with Gasteiger partial charge in [0.25, 0.3) is 11.6 Å². The molecule has 0 saturated carbocycles. The normalized spacial score (nSPS) is 10.9. The maximum atomic E-state index is 12.5. The molecule has 0 radical (unpaired) electrons. The summed E-state index contributed by atoms with van der Waals surface area (Å²) in [5.41, 5.74) is 6.05. The highest BCUT2D eigenvalue weighted by Crippen LogP contribution is 2.24. The molecule has 1 heterocycles. The Morgan fingerprint density at radius 3 is 2.53 bits per heavy atom. The minimum Gasteiger partial charge on any atom is -0.496 e. The van der Waals surface area contributed by atoms with Gasteiger partial charge in [-0.25, -0.2) is 5.43 Å². The predicted octanol–water partition coefficient (Wildman–Crippen LogP) is 4.54. The summed E-state index contributed by atoms with van der Waals surface area (Å²) in [4.78, 5) is 22.9. The van der Waals surface area contributed by atoms with Gasteiger partial charge in [-0.1, -0.05) is 15.9 Å². The number of aryl methyl sites for hydroxylation is 1. The number of rotatable bonds is 6. The summed E-state index contributed by atoms with van der Waals surface area (Å²) in [5.74, 6) is -0.379. The smallest absolute Gasteiger partial charge is 0.275 e. The Morgan fingerprint density at radius 2 is 1.90 bits per heavy atom. The first-order valence-electron chi connectivity index (χ1n) is 8.92. The number of nitro groups is 1. The molecular weight excluding hydrogens is 452 g/mol. The fourth-order valence-electron chi connectivity index (χ4n) is 3.11. The molecule has 0 aliphatic carbocycles. The van der Waals surface area contributed by atoms with Gasteiger partial charge in [0.15, 0.2) is 0 Å². The third kappa shape index (κ3) is 4.41. The Balaban J connectivity index is 1.82. The number of ether oxygens (including phenoxy) is 1. The van der Waals surface area contributed by atoms with Gasteiger partial charge in [0, 0.05) is 39.2 Å². The lowest BCUT2D eigenvalue weighted by molar-refractivity contribution is -0.384. The molecule has 0 fully saturated rings. The molecule has 0 atom stereocenters. The van der Waals surface area contributed by atoms with Crippen molar-refractivity contribution in [3.63, 3.8) is 0 Å². The highest BCUT2D eigenvalue weighted by molar-refractivity contribution is 9.10. The number of nitro benzene ring substituents is 1. The van der Waals surface area contributed by atoms with Crippen LogP contribution in [0.15, 0.2) is 58.1 Å². The quantitative estimate of drug-likeness (QED) is 0.324. The lowest BCUT2D eigenvalue weighted by Crippen LogP contribution is -2.18. The molecule has 1 aromatic heterocycles. The van der Waals surface area contributed by atoms with Crippen molar-refractivity contribution in [1.29, 1.82) is 0 Å². The van der Waals surface area contributed by atoms with Crippen LogP contribution in [0.3, 0.4) is 0 Å². The van der Waals surface area contributed by atoms with Crippen molar-refractivity contribution in [3.8, 4) is 11.4 Å². The fraction of sp³-hybridized carbons (Fsp3) is 0.143. The third-order valence-electron chi connectivity index (χ3n) is 4.56. The predicted molar refractivity (Wildman–Crippen MR) is 118 cm³/mol. The zero-order valence-electron chi connectivity index (χ0n) is 16.5. The number of carbonyl (C=O) groups excluding carboxylic acids is 1. The fourth-order valence-corrected chi connectivity index (χ4v) is 3.38. The van der Waals surface area contributed by atoms with E-state index in [0.717, 1.165) is 33.2 Å². The number of nitrogens with one attached hydrogen (secondary N) is 1. The maximum Gasteiger partial charge on any atom is 0.275 e. The first-order chi connectivity index (χ1) is 14.3. The summed E-state index contributed by atoms with van der Waals surface area (Å²) in [6.45, 7) is 3.95. The van der Waals surface area contributed by atoms with Crippen LogP contribution in [0.25, 0.3) is 5.69 Å². The Labute approximate surface area is 181 Å². The number of benzene rings is 2. The van der Waals surface area contributed by atoms with Crippen molar-refractivity contribution in [2.24, 2.45) is 5.10 Å². The van der Waals surface area contributed by atoms with Crippen molar-refractivity contribution in [1.82, 2.24) is 9.99 Å². The van der Waals surface area contributed by atoms with Crippen LogP contribution in [-0.4, -0.2) is 28.7 Å². The molecule has 1 amide bonds. The number of hydrogen-bond donors (Lipinski definition) is 1. The van der Waals surface area contributed by atoms with Gasteiger partial charge in [0.2, 0.25) is 0 Å². The van der Waals surface area contributed by atoms with Crippen LogP contribution in [0.1, 0.15) is 27.3 Å². The molecule has 0 bridgehead atoms. The number of methoxy groups -OCH3 is 1. The standard InChI is InChI=1S/C21H19BrN4O4/c1-13-10-15(14(2)25(13)17-6-4-16(22)5-7-17)12-23-24-21(27)19-11-18(26(28)29)8-9-20(19)30-3/h4-12H,1-3H3,(H,24,27)/b23-12-. The largest absolute Gasteiger partial charge is 0.496 e. The van der Waals surface area contributed by atoms with E-state index in [1.54, 1.807) is 6.21 Å². The van der Waals surface area contributed by atoms with Crippen molar-refractivity contribution in [2.45, 2.75) is 13.8 Å². The van der Waals surface area contributed by atoms with Gasteiger partial charge in [0.1, 0.15) is 5.75 Å². The van der Waals surface area contributed by atoms with Crippen LogP contribution in [0.5, 0.6) is 5.75 Å². The molecule has 0 spiro atoms. The van der Waals surface area contributed by atoms with E-state index in [1.165, 1.54) is 19.2 Å². The molecule has 8 nitrogen and oxygen atoms in total. The molecule has 154 valence electrons. The van der Waals surface area contributed by atoms with E-state index in [2.05, 4.69) is 31.0 Å². The lowest BCUT2D eigenvalue weighted by atomic mass is 10.1. The number of nitrogens with zero attached hydrogens (tertiary/aromatic N) is 3. The number of hydrogen-bond acceptors (Lipinski definition) is 5. The number of halogens is 1. The number of aromatic nitrogens is 1. The summed E-state index contributed by atoms with van der Waals surface area (Å²) < 4.78 is 8.20. The molecule has 9 heteroatoms. The zero-order chi connectivity index (χ0) is 21.8. The summed E-state index contributed by atoms with van der Waals surface area (Å²) in [6, 6.07) is 13.7. The molecule has 0 saturated heterocycles. The van der Waals surface area contributed by atoms with Crippen molar-refractivity contribution in [2.75, 3.05) is 7.11 Å². The van der Waals surface area contributed by atoms with Gasteiger partial charge in [-0.3, -0.25) is 14.9 Å². The maximum absolute atomic E-state index is 12.5. The van der Waals surface area contributed by atoms with Gasteiger partial charge in [-0.15, -0.1) is 0 Å². The van der Waals surface area contributed by atoms with Gasteiger partial charge in [-0.05, 0) is 50.2 Å². The summed E-state index contributed by atoms with van der Waals surface area (Å²) in [7, 11) is 1.39. The van der Waals surface area contributed by atoms with Crippen LogP contribution in [0.2, 0.25) is 0 Å². The van der Waals surface area contributed by atoms with E-state index < -0.39 is 10.8 Å². The highest BCUT2D eigenvalue weighted by atomic mass is 79.9.